The van der Waals surface area contributed by atoms with Crippen LogP contribution >= 0.6 is 0 Å². The van der Waals surface area contributed by atoms with Gasteiger partial charge < -0.3 is 32.2 Å². The summed E-state index contributed by atoms with van der Waals surface area (Å²) in [4.78, 5) is 2.56. The molecule has 5 nitrogen and oxygen atoms in total. The van der Waals surface area contributed by atoms with Crippen molar-refractivity contribution < 1.29 is 30.9 Å². The average molecular weight is 761 g/mol. The zero-order chi connectivity index (χ0) is 34.8. The molecule has 0 radical (unpaired) electrons. The van der Waals surface area contributed by atoms with Crippen LogP contribution in [0.1, 0.15) is 214 Å². The van der Waals surface area contributed by atoms with Crippen LogP contribution in [0.5, 0.6) is 0 Å². The van der Waals surface area contributed by atoms with E-state index >= 15 is 0 Å². The maximum Gasteiger partial charge on any atom is 0.190 e. The predicted molar refractivity (Wildman–Crippen MR) is 212 cm³/mol. The monoisotopic (exact) mass is 760 g/mol. The average Bonchev–Trinajstić information content (AvgIpc) is 3.10. The van der Waals surface area contributed by atoms with E-state index in [-0.39, 0.29) is 29.4 Å². The molecule has 0 aromatic carbocycles. The first kappa shape index (κ1) is 49.3. The smallest absolute Gasteiger partial charge is 0.190 e. The van der Waals surface area contributed by atoms with Gasteiger partial charge in [0, 0.05) is 20.0 Å². The van der Waals surface area contributed by atoms with Crippen molar-refractivity contribution in [2.75, 3.05) is 52.5 Å². The summed E-state index contributed by atoms with van der Waals surface area (Å²) in [5.74, 6) is 0. The molecule has 2 N–H and O–H groups in total. The second-order valence-electron chi connectivity index (χ2n) is 15.7. The molecule has 0 spiro atoms. The van der Waals surface area contributed by atoms with Crippen LogP contribution in [0.15, 0.2) is 0 Å². The number of piperazine rings is 1. The lowest BCUT2D eigenvalue weighted by molar-refractivity contribution is -0.973. The summed E-state index contributed by atoms with van der Waals surface area (Å²) in [5, 5.41) is 0. The number of quaternary nitrogens is 1. The van der Waals surface area contributed by atoms with Crippen LogP contribution in [0.2, 0.25) is 0 Å². The molecule has 1 saturated heterocycles. The quantitative estimate of drug-likeness (QED) is 0.0507. The van der Waals surface area contributed by atoms with Crippen molar-refractivity contribution in [3.63, 3.8) is 0 Å². The number of nitrogens with two attached hydrogens (primary N) is 1. The normalized spacial score (nSPS) is 16.1. The van der Waals surface area contributed by atoms with Crippen LogP contribution in [0.4, 0.5) is 0 Å². The van der Waals surface area contributed by atoms with Crippen molar-refractivity contribution in [1.82, 2.24) is 4.90 Å². The molecule has 2 atom stereocenters. The molecule has 0 aliphatic carbocycles. The summed E-state index contributed by atoms with van der Waals surface area (Å²) in [6.45, 7) is 17.4. The van der Waals surface area contributed by atoms with E-state index in [4.69, 9.17) is 15.2 Å². The van der Waals surface area contributed by atoms with E-state index in [1.54, 1.807) is 0 Å². The van der Waals surface area contributed by atoms with Crippen LogP contribution in [0, 0.1) is 0 Å². The van der Waals surface area contributed by atoms with Gasteiger partial charge in [-0.2, -0.15) is 0 Å². The Morgan fingerprint density at radius 2 is 0.816 bits per heavy atom. The summed E-state index contributed by atoms with van der Waals surface area (Å²) in [6.07, 6.45) is 40.8. The Kier molecular flexibility index (Phi) is 36.8. The Hall–Kier alpha value is 0.280. The lowest BCUT2D eigenvalue weighted by Gasteiger charge is -2.49. The summed E-state index contributed by atoms with van der Waals surface area (Å²) in [5.41, 5.74) is 5.98. The zero-order valence-corrected chi connectivity index (χ0v) is 35.6. The molecule has 49 heavy (non-hydrogen) atoms. The minimum absolute atomic E-state index is 0. The predicted octanol–water partition coefficient (Wildman–Crippen LogP) is 9.16. The van der Waals surface area contributed by atoms with E-state index in [1.165, 1.54) is 180 Å². The highest BCUT2D eigenvalue weighted by Crippen LogP contribution is 2.23. The second-order valence-corrected chi connectivity index (χ2v) is 15.7. The van der Waals surface area contributed by atoms with Gasteiger partial charge in [-0.05, 0) is 26.3 Å². The van der Waals surface area contributed by atoms with Crippen LogP contribution < -0.4 is 22.7 Å². The van der Waals surface area contributed by atoms with Gasteiger partial charge in [0.1, 0.15) is 6.23 Å². The van der Waals surface area contributed by atoms with Crippen LogP contribution in [0.3, 0.4) is 0 Å². The minimum atomic E-state index is 0. The second kappa shape index (κ2) is 36.6. The Balaban J connectivity index is 0.0000230. The van der Waals surface area contributed by atoms with E-state index < -0.39 is 0 Å². The Bertz CT molecular complexity index is 647. The molecule has 1 fully saturated rings. The number of hydrogen-bond donors (Lipinski definition) is 1. The SMILES string of the molecule is CCCCCCCCCCCCCCCCOC(C)N1CC[N+](CCCN)(C(C)OCCCCCCCCCCCCCCCC)CC1.[Br-]. The standard InChI is InChI=1S/C43H90N3O2.BrH/c1-5-7-9-11-13-15-17-19-21-23-25-27-29-31-40-47-42(3)45-35-38-46(39-36-45,37-33-34-44)43(4)48-41-32-30-28-26-24-22-20-18-16-14-12-10-8-6-2;/h42-43H,5-41,44H2,1-4H3;1H/q+1;/p-1. The van der Waals surface area contributed by atoms with E-state index in [9.17, 15) is 0 Å². The van der Waals surface area contributed by atoms with Gasteiger partial charge in [0.15, 0.2) is 6.23 Å². The number of nitrogens with zero attached hydrogens (tertiary/aromatic N) is 2. The largest absolute Gasteiger partial charge is 1.00 e. The fraction of sp³-hybridized carbons (Fsp3) is 1.00. The lowest BCUT2D eigenvalue weighted by atomic mass is 10.0. The van der Waals surface area contributed by atoms with Crippen molar-refractivity contribution >= 4 is 0 Å². The van der Waals surface area contributed by atoms with Gasteiger partial charge in [-0.3, -0.25) is 9.38 Å². The first-order chi connectivity index (χ1) is 23.6. The lowest BCUT2D eigenvalue weighted by Crippen LogP contribution is -3.00. The molecule has 6 heteroatoms. The number of ether oxygens (including phenoxy) is 2. The summed E-state index contributed by atoms with van der Waals surface area (Å²) < 4.78 is 13.9. The molecule has 1 rings (SSSR count). The number of halogens is 1. The topological polar surface area (TPSA) is 47.7 Å². The summed E-state index contributed by atoms with van der Waals surface area (Å²) in [7, 11) is 0. The van der Waals surface area contributed by atoms with Crippen molar-refractivity contribution in [2.24, 2.45) is 5.73 Å². The number of hydrogen-bond acceptors (Lipinski definition) is 4. The molecule has 296 valence electrons. The van der Waals surface area contributed by atoms with Gasteiger partial charge >= 0.3 is 0 Å². The van der Waals surface area contributed by atoms with Crippen molar-refractivity contribution in [2.45, 2.75) is 226 Å². The fourth-order valence-electron chi connectivity index (χ4n) is 7.78. The molecule has 0 bridgehead atoms. The minimum Gasteiger partial charge on any atom is -1.00 e. The third kappa shape index (κ3) is 27.5. The molecule has 1 aliphatic rings. The van der Waals surface area contributed by atoms with Gasteiger partial charge in [0.25, 0.3) is 0 Å². The van der Waals surface area contributed by atoms with Gasteiger partial charge in [-0.15, -0.1) is 0 Å². The Labute approximate surface area is 319 Å². The van der Waals surface area contributed by atoms with Crippen molar-refractivity contribution in [1.29, 1.82) is 0 Å². The van der Waals surface area contributed by atoms with Crippen molar-refractivity contribution in [3.8, 4) is 0 Å². The highest BCUT2D eigenvalue weighted by atomic mass is 79.9. The molecule has 1 heterocycles. The molecular weight excluding hydrogens is 670 g/mol. The summed E-state index contributed by atoms with van der Waals surface area (Å²) in [6, 6.07) is 0. The van der Waals surface area contributed by atoms with E-state index in [2.05, 4.69) is 32.6 Å². The van der Waals surface area contributed by atoms with Crippen LogP contribution in [0.25, 0.3) is 0 Å². The molecule has 1 aliphatic heterocycles. The van der Waals surface area contributed by atoms with E-state index in [0.29, 0.717) is 0 Å². The molecule has 0 aromatic rings. The highest BCUT2D eigenvalue weighted by Gasteiger charge is 2.39. The maximum atomic E-state index is 6.53. The number of unbranched alkanes of at least 4 members (excludes halogenated alkanes) is 26. The Morgan fingerprint density at radius 1 is 0.490 bits per heavy atom. The highest BCUT2D eigenvalue weighted by molar-refractivity contribution is 4.67. The molecule has 0 aromatic heterocycles. The van der Waals surface area contributed by atoms with E-state index in [0.717, 1.165) is 63.4 Å². The number of rotatable bonds is 37. The van der Waals surface area contributed by atoms with Gasteiger partial charge in [0.2, 0.25) is 0 Å². The molecule has 0 amide bonds. The van der Waals surface area contributed by atoms with Gasteiger partial charge in [0.05, 0.1) is 39.3 Å². The van der Waals surface area contributed by atoms with Crippen molar-refractivity contribution in [3.05, 3.63) is 0 Å². The third-order valence-corrected chi connectivity index (χ3v) is 11.5. The maximum absolute atomic E-state index is 6.53. The fourth-order valence-corrected chi connectivity index (χ4v) is 7.78. The molecule has 2 unspecified atom stereocenters. The first-order valence-electron chi connectivity index (χ1n) is 22.1. The van der Waals surface area contributed by atoms with Gasteiger partial charge in [-0.1, -0.05) is 181 Å². The zero-order valence-electron chi connectivity index (χ0n) is 34.0. The first-order valence-corrected chi connectivity index (χ1v) is 22.1. The third-order valence-electron chi connectivity index (χ3n) is 11.5. The van der Waals surface area contributed by atoms with Crippen LogP contribution in [-0.2, 0) is 9.47 Å². The van der Waals surface area contributed by atoms with Gasteiger partial charge in [-0.25, -0.2) is 0 Å². The van der Waals surface area contributed by atoms with E-state index in [1.807, 2.05) is 0 Å². The molecule has 0 saturated carbocycles. The Morgan fingerprint density at radius 3 is 1.16 bits per heavy atom. The molecular formula is C43H90BrN3O2. The summed E-state index contributed by atoms with van der Waals surface area (Å²) >= 11 is 0. The van der Waals surface area contributed by atoms with Crippen LogP contribution in [-0.4, -0.2) is 74.3 Å².